The van der Waals surface area contributed by atoms with Gasteiger partial charge in [0, 0.05) is 50.4 Å². The van der Waals surface area contributed by atoms with Crippen LogP contribution in [0, 0.1) is 11.6 Å². The number of hydrogen-bond acceptors (Lipinski definition) is 10. The van der Waals surface area contributed by atoms with Crippen LogP contribution in [0.25, 0.3) is 0 Å². The quantitative estimate of drug-likeness (QED) is 0.553. The lowest BCUT2D eigenvalue weighted by molar-refractivity contribution is 0.109. The predicted molar refractivity (Wildman–Crippen MR) is 123 cm³/mol. The van der Waals surface area contributed by atoms with E-state index in [2.05, 4.69) is 21.4 Å². The number of benzene rings is 1. The monoisotopic (exact) mass is 502 g/mol. The molecule has 1 aromatic carbocycles. The first kappa shape index (κ1) is 23.6. The highest BCUT2D eigenvalue weighted by atomic mass is 19.1. The lowest BCUT2D eigenvalue weighted by Gasteiger charge is -2.25. The van der Waals surface area contributed by atoms with Crippen LogP contribution >= 0.6 is 0 Å². The Morgan fingerprint density at radius 3 is 2.78 bits per heavy atom. The van der Waals surface area contributed by atoms with Crippen LogP contribution in [0.3, 0.4) is 0 Å². The third kappa shape index (κ3) is 5.08. The summed E-state index contributed by atoms with van der Waals surface area (Å²) in [6.07, 6.45) is 4.56. The number of cyclic esters (lactones) is 1. The molecule has 2 aromatic rings. The summed E-state index contributed by atoms with van der Waals surface area (Å²) in [4.78, 5) is 31.4. The number of hydrazine groups is 3. The predicted octanol–water partition coefficient (Wildman–Crippen LogP) is 1.31. The highest BCUT2D eigenvalue weighted by molar-refractivity contribution is 5.90. The van der Waals surface area contributed by atoms with E-state index >= 15 is 8.78 Å². The number of rotatable bonds is 5. The number of nitrogens with one attached hydrogen (secondary N) is 3. The van der Waals surface area contributed by atoms with Crippen LogP contribution in [-0.2, 0) is 4.74 Å². The molecule has 12 nitrogen and oxygen atoms in total. The first-order valence-electron chi connectivity index (χ1n) is 11.3. The Kier molecular flexibility index (Phi) is 6.69. The van der Waals surface area contributed by atoms with Gasteiger partial charge in [-0.2, -0.15) is 0 Å². The molecule has 0 unspecified atom stereocenters. The van der Waals surface area contributed by atoms with Crippen LogP contribution in [0.1, 0.15) is 0 Å². The number of amides is 2. The van der Waals surface area contributed by atoms with E-state index in [1.807, 2.05) is 0 Å². The number of anilines is 2. The molecule has 3 aliphatic heterocycles. The van der Waals surface area contributed by atoms with Gasteiger partial charge >= 0.3 is 12.2 Å². The molecule has 0 bridgehead atoms. The molecule has 0 radical (unpaired) electrons. The number of halogens is 2. The molecule has 4 heterocycles. The molecule has 0 spiro atoms. The number of pyridine rings is 1. The van der Waals surface area contributed by atoms with Gasteiger partial charge in [-0.05, 0) is 12.1 Å². The molecule has 14 heteroatoms. The number of nitrogens with zero attached hydrogens (tertiary/aromatic N) is 5. The molecule has 0 aliphatic carbocycles. The smallest absolute Gasteiger partial charge is 0.429 e. The van der Waals surface area contributed by atoms with Crippen molar-refractivity contribution in [2.75, 3.05) is 49.1 Å². The molecule has 0 saturated carbocycles. The average Bonchev–Trinajstić information content (AvgIpc) is 3.42. The molecule has 5 rings (SSSR count). The number of ether oxygens (including phenoxy) is 2. The second-order valence-corrected chi connectivity index (χ2v) is 8.20. The highest BCUT2D eigenvalue weighted by Crippen LogP contribution is 2.31. The van der Waals surface area contributed by atoms with Crippen molar-refractivity contribution in [1.82, 2.24) is 31.4 Å². The number of hydrogen-bond donors (Lipinski definition) is 3. The third-order valence-electron chi connectivity index (χ3n) is 5.79. The first-order chi connectivity index (χ1) is 17.5. The third-order valence-corrected chi connectivity index (χ3v) is 5.79. The van der Waals surface area contributed by atoms with Crippen molar-refractivity contribution >= 4 is 23.6 Å². The molecule has 2 fully saturated rings. The normalized spacial score (nSPS) is 19.8. The maximum Gasteiger partial charge on any atom is 0.429 e. The summed E-state index contributed by atoms with van der Waals surface area (Å²) in [6.45, 7) is 1.26. The first-order valence-corrected chi connectivity index (χ1v) is 11.3. The maximum atomic E-state index is 15.1. The number of aromatic nitrogens is 1. The largest absolute Gasteiger partial charge is 0.442 e. The van der Waals surface area contributed by atoms with Crippen LogP contribution in [0.15, 0.2) is 49.1 Å². The van der Waals surface area contributed by atoms with E-state index in [0.29, 0.717) is 6.54 Å². The lowest BCUT2D eigenvalue weighted by atomic mass is 10.2. The van der Waals surface area contributed by atoms with Crippen molar-refractivity contribution in [3.63, 3.8) is 0 Å². The van der Waals surface area contributed by atoms with Gasteiger partial charge in [-0.25, -0.2) is 28.8 Å². The molecule has 3 aliphatic rings. The van der Waals surface area contributed by atoms with Crippen molar-refractivity contribution in [3.8, 4) is 5.75 Å². The molecule has 3 N–H and O–H groups in total. The second-order valence-electron chi connectivity index (χ2n) is 8.20. The van der Waals surface area contributed by atoms with Crippen LogP contribution in [0.2, 0.25) is 0 Å². The molecular formula is C22H24F2N8O4. The van der Waals surface area contributed by atoms with Gasteiger partial charge in [0.2, 0.25) is 0 Å². The molecule has 1 atom stereocenters. The van der Waals surface area contributed by atoms with Gasteiger partial charge in [0.15, 0.2) is 17.4 Å². The Morgan fingerprint density at radius 1 is 1.22 bits per heavy atom. The minimum atomic E-state index is -0.819. The van der Waals surface area contributed by atoms with Gasteiger partial charge in [-0.15, -0.1) is 5.53 Å². The highest BCUT2D eigenvalue weighted by Gasteiger charge is 2.35. The van der Waals surface area contributed by atoms with Gasteiger partial charge in [-0.1, -0.05) is 0 Å². The molecular weight excluding hydrogens is 478 g/mol. The second kappa shape index (κ2) is 10.2. The molecule has 36 heavy (non-hydrogen) atoms. The summed E-state index contributed by atoms with van der Waals surface area (Å²) in [7, 11) is 0. The van der Waals surface area contributed by atoms with Crippen LogP contribution in [0.4, 0.5) is 29.7 Å². The zero-order valence-electron chi connectivity index (χ0n) is 19.1. The van der Waals surface area contributed by atoms with E-state index in [1.54, 1.807) is 35.7 Å². The molecule has 2 saturated heterocycles. The van der Waals surface area contributed by atoms with Crippen molar-refractivity contribution < 1.29 is 27.8 Å². The van der Waals surface area contributed by atoms with Crippen molar-refractivity contribution in [3.05, 3.63) is 60.7 Å². The fraction of sp³-hybridized carbons (Fsp3) is 0.318. The Balaban J connectivity index is 1.23. The summed E-state index contributed by atoms with van der Waals surface area (Å²) < 4.78 is 40.9. The van der Waals surface area contributed by atoms with Crippen LogP contribution < -0.4 is 30.9 Å². The summed E-state index contributed by atoms with van der Waals surface area (Å²) in [5.41, 5.74) is 8.35. The van der Waals surface area contributed by atoms with Gasteiger partial charge in [0.1, 0.15) is 11.8 Å². The van der Waals surface area contributed by atoms with E-state index in [-0.39, 0.29) is 49.8 Å². The van der Waals surface area contributed by atoms with E-state index < -0.39 is 29.9 Å². The summed E-state index contributed by atoms with van der Waals surface area (Å²) in [5, 5.41) is 2.94. The van der Waals surface area contributed by atoms with Crippen molar-refractivity contribution in [2.45, 2.75) is 6.10 Å². The Bertz CT molecular complexity index is 1130. The Labute approximate surface area is 204 Å². The lowest BCUT2D eigenvalue weighted by Crippen LogP contribution is -2.45. The van der Waals surface area contributed by atoms with E-state index in [1.165, 1.54) is 21.0 Å². The Hall–Kier alpha value is -4.17. The maximum absolute atomic E-state index is 15.1. The average molecular weight is 502 g/mol. The summed E-state index contributed by atoms with van der Waals surface area (Å²) >= 11 is 0. The zero-order valence-corrected chi connectivity index (χ0v) is 19.1. The minimum Gasteiger partial charge on any atom is -0.442 e. The Morgan fingerprint density at radius 2 is 2.06 bits per heavy atom. The SMILES string of the molecule is O=C(Oc1cccnc1)N1CCN(c2c(F)cc(N3C[C@H](CN4C=CNN4)OC3=O)cc2F)CCN1. The number of carbonyl (C=O) groups excluding carboxylic acids is 2. The standard InChI is InChI=1S/C22H24F2N8O4/c23-18-10-15(31-14-17(36-21(31)33)13-30-7-4-26-28-30)11-19(24)20(18)29-6-5-27-32(9-8-29)22(34)35-16-2-1-3-25-12-16/h1-4,7,10-12,17,26-28H,5-6,8-9,13-14H2/t17-/m0/s1. The molecule has 190 valence electrons. The molecule has 1 aromatic heterocycles. The summed E-state index contributed by atoms with van der Waals surface area (Å²) in [6, 6.07) is 5.46. The van der Waals surface area contributed by atoms with E-state index in [9.17, 15) is 9.59 Å². The van der Waals surface area contributed by atoms with Crippen LogP contribution in [-0.4, -0.2) is 72.6 Å². The molecule has 2 amide bonds. The van der Waals surface area contributed by atoms with E-state index in [0.717, 1.165) is 12.1 Å². The topological polar surface area (TPSA) is 115 Å². The number of carbonyl (C=O) groups is 2. The van der Waals surface area contributed by atoms with Crippen LogP contribution in [0.5, 0.6) is 5.75 Å². The van der Waals surface area contributed by atoms with Crippen molar-refractivity contribution in [1.29, 1.82) is 0 Å². The fourth-order valence-electron chi connectivity index (χ4n) is 4.12. The fourth-order valence-corrected chi connectivity index (χ4v) is 4.12. The zero-order chi connectivity index (χ0) is 25.1. The minimum absolute atomic E-state index is 0.0684. The van der Waals surface area contributed by atoms with Gasteiger partial charge < -0.3 is 19.8 Å². The van der Waals surface area contributed by atoms with Gasteiger partial charge in [0.25, 0.3) is 0 Å². The van der Waals surface area contributed by atoms with Gasteiger partial charge in [-0.3, -0.25) is 14.9 Å². The van der Waals surface area contributed by atoms with E-state index in [4.69, 9.17) is 9.47 Å². The summed E-state index contributed by atoms with van der Waals surface area (Å²) in [5.74, 6) is -1.35. The van der Waals surface area contributed by atoms with Gasteiger partial charge in [0.05, 0.1) is 31.5 Å². The van der Waals surface area contributed by atoms with Crippen molar-refractivity contribution in [2.24, 2.45) is 0 Å².